The van der Waals surface area contributed by atoms with E-state index in [-0.39, 0.29) is 36.4 Å². The molecule has 0 aromatic carbocycles. The Hall–Kier alpha value is -0.610. The van der Waals surface area contributed by atoms with Crippen LogP contribution in [-0.2, 0) is 9.53 Å². The van der Waals surface area contributed by atoms with Crippen LogP contribution in [0.15, 0.2) is 4.99 Å². The van der Waals surface area contributed by atoms with Gasteiger partial charge in [-0.3, -0.25) is 4.79 Å². The normalized spacial score (nSPS) is 17.2. The van der Waals surface area contributed by atoms with Gasteiger partial charge in [-0.2, -0.15) is 0 Å². The first-order chi connectivity index (χ1) is 12.5. The van der Waals surface area contributed by atoms with Gasteiger partial charge in [-0.15, -0.1) is 24.0 Å². The summed E-state index contributed by atoms with van der Waals surface area (Å²) >= 11 is 0. The molecule has 1 saturated heterocycles. The van der Waals surface area contributed by atoms with Gasteiger partial charge in [-0.05, 0) is 38.8 Å². The Morgan fingerprint density at radius 2 is 1.96 bits per heavy atom. The summed E-state index contributed by atoms with van der Waals surface area (Å²) in [7, 11) is 3.53. The van der Waals surface area contributed by atoms with Crippen LogP contribution in [0.3, 0.4) is 0 Å². The number of halogens is 1. The monoisotopic (exact) mass is 497 g/mol. The maximum absolute atomic E-state index is 11.9. The van der Waals surface area contributed by atoms with Gasteiger partial charge in [-0.25, -0.2) is 4.99 Å². The number of carbonyl (C=O) groups is 1. The Morgan fingerprint density at radius 1 is 1.26 bits per heavy atom. The molecule has 1 unspecified atom stereocenters. The maximum atomic E-state index is 11.9. The third kappa shape index (κ3) is 10.5. The van der Waals surface area contributed by atoms with Crippen molar-refractivity contribution in [3.8, 4) is 0 Å². The highest BCUT2D eigenvalue weighted by atomic mass is 127. The summed E-state index contributed by atoms with van der Waals surface area (Å²) in [6.07, 6.45) is 2.11. The molecular weight excluding hydrogens is 457 g/mol. The van der Waals surface area contributed by atoms with Gasteiger partial charge in [0.05, 0.1) is 0 Å². The van der Waals surface area contributed by atoms with Crippen LogP contribution in [0.25, 0.3) is 0 Å². The third-order valence-electron chi connectivity index (χ3n) is 4.81. The summed E-state index contributed by atoms with van der Waals surface area (Å²) < 4.78 is 5.40. The molecular formula is C19H40IN5O2. The van der Waals surface area contributed by atoms with Crippen LogP contribution in [0.2, 0.25) is 0 Å². The van der Waals surface area contributed by atoms with Crippen LogP contribution in [0.4, 0.5) is 0 Å². The zero-order chi connectivity index (χ0) is 19.4. The average molecular weight is 497 g/mol. The van der Waals surface area contributed by atoms with E-state index in [2.05, 4.69) is 34.0 Å². The summed E-state index contributed by atoms with van der Waals surface area (Å²) in [4.78, 5) is 22.9. The largest absolute Gasteiger partial charge is 0.382 e. The molecule has 7 nitrogen and oxygen atoms in total. The Kier molecular flexibility index (Phi) is 15.0. The zero-order valence-corrected chi connectivity index (χ0v) is 20.2. The molecule has 1 aliphatic heterocycles. The van der Waals surface area contributed by atoms with Crippen LogP contribution in [0.5, 0.6) is 0 Å². The fraction of sp³-hybridized carbons (Fsp3) is 0.895. The number of nitrogens with zero attached hydrogens (tertiary/aromatic N) is 4. The topological polar surface area (TPSA) is 60.4 Å². The van der Waals surface area contributed by atoms with Gasteiger partial charge in [0, 0.05) is 53.5 Å². The van der Waals surface area contributed by atoms with Gasteiger partial charge >= 0.3 is 0 Å². The Bertz CT molecular complexity index is 430. The minimum atomic E-state index is 0. The van der Waals surface area contributed by atoms with E-state index in [1.54, 1.807) is 19.0 Å². The standard InChI is InChI=1S/C19H39N5O2.HI/c1-6-23(7-2)15-17-10-12-24(16-17)19(20-11-9-13-26-8-3)21-14-18(25)22(4)5;/h17H,6-16H2,1-5H3,(H,20,21);1H. The van der Waals surface area contributed by atoms with E-state index in [0.29, 0.717) is 5.92 Å². The highest BCUT2D eigenvalue weighted by molar-refractivity contribution is 14.0. The molecule has 1 heterocycles. The van der Waals surface area contributed by atoms with Gasteiger partial charge < -0.3 is 24.8 Å². The Morgan fingerprint density at radius 3 is 2.56 bits per heavy atom. The quantitative estimate of drug-likeness (QED) is 0.204. The number of hydrogen-bond acceptors (Lipinski definition) is 4. The lowest BCUT2D eigenvalue weighted by molar-refractivity contribution is -0.127. The number of ether oxygens (including phenoxy) is 1. The molecule has 1 aliphatic rings. The van der Waals surface area contributed by atoms with Gasteiger partial charge in [-0.1, -0.05) is 13.8 Å². The number of hydrogen-bond donors (Lipinski definition) is 1. The zero-order valence-electron chi connectivity index (χ0n) is 17.9. The van der Waals surface area contributed by atoms with E-state index < -0.39 is 0 Å². The molecule has 160 valence electrons. The number of guanidine groups is 1. The summed E-state index contributed by atoms with van der Waals surface area (Å²) in [5.74, 6) is 1.55. The molecule has 0 saturated carbocycles. The Labute approximate surface area is 182 Å². The van der Waals surface area contributed by atoms with Crippen molar-refractivity contribution in [1.29, 1.82) is 0 Å². The second-order valence-corrected chi connectivity index (χ2v) is 6.99. The van der Waals surface area contributed by atoms with Crippen molar-refractivity contribution >= 4 is 35.8 Å². The van der Waals surface area contributed by atoms with Crippen LogP contribution < -0.4 is 5.32 Å². The van der Waals surface area contributed by atoms with Crippen molar-refractivity contribution in [3.05, 3.63) is 0 Å². The van der Waals surface area contributed by atoms with E-state index in [1.165, 1.54) is 6.42 Å². The van der Waals surface area contributed by atoms with Crippen LogP contribution in [0, 0.1) is 5.92 Å². The molecule has 0 bridgehead atoms. The number of likely N-dealkylation sites (tertiary alicyclic amines) is 1. The van der Waals surface area contributed by atoms with Gasteiger partial charge in [0.15, 0.2) is 5.96 Å². The minimum absolute atomic E-state index is 0. The predicted molar refractivity (Wildman–Crippen MR) is 123 cm³/mol. The number of nitrogens with one attached hydrogen (secondary N) is 1. The van der Waals surface area contributed by atoms with E-state index in [9.17, 15) is 4.79 Å². The Balaban J connectivity index is 0.00000676. The van der Waals surface area contributed by atoms with Crippen molar-refractivity contribution in [2.24, 2.45) is 10.9 Å². The van der Waals surface area contributed by atoms with E-state index in [1.807, 2.05) is 6.92 Å². The highest BCUT2D eigenvalue weighted by Crippen LogP contribution is 2.17. The number of carbonyl (C=O) groups excluding carboxylic acids is 1. The van der Waals surface area contributed by atoms with Crippen LogP contribution >= 0.6 is 24.0 Å². The molecule has 0 aromatic rings. The summed E-state index contributed by atoms with van der Waals surface area (Å²) in [5, 5.41) is 3.43. The second-order valence-electron chi connectivity index (χ2n) is 6.99. The first-order valence-electron chi connectivity index (χ1n) is 10.0. The summed E-state index contributed by atoms with van der Waals surface area (Å²) in [6, 6.07) is 0. The average Bonchev–Trinajstić information content (AvgIpc) is 3.09. The number of rotatable bonds is 11. The van der Waals surface area contributed by atoms with Crippen molar-refractivity contribution in [1.82, 2.24) is 20.0 Å². The van der Waals surface area contributed by atoms with E-state index in [0.717, 1.165) is 64.9 Å². The number of amides is 1. The maximum Gasteiger partial charge on any atom is 0.243 e. The molecule has 1 atom stereocenters. The van der Waals surface area contributed by atoms with E-state index in [4.69, 9.17) is 4.74 Å². The van der Waals surface area contributed by atoms with Gasteiger partial charge in [0.25, 0.3) is 0 Å². The number of aliphatic imine (C=N–C) groups is 1. The SMILES string of the molecule is CCOCCCNC(=NCC(=O)N(C)C)N1CCC(CN(CC)CC)C1.I. The smallest absolute Gasteiger partial charge is 0.243 e. The third-order valence-corrected chi connectivity index (χ3v) is 4.81. The first kappa shape index (κ1) is 26.4. The fourth-order valence-corrected chi connectivity index (χ4v) is 3.09. The molecule has 8 heteroatoms. The summed E-state index contributed by atoms with van der Waals surface area (Å²) in [6.45, 7) is 14.3. The first-order valence-corrected chi connectivity index (χ1v) is 10.0. The molecule has 0 aromatic heterocycles. The van der Waals surface area contributed by atoms with Crippen LogP contribution in [0.1, 0.15) is 33.6 Å². The summed E-state index contributed by atoms with van der Waals surface area (Å²) in [5.41, 5.74) is 0. The lowest BCUT2D eigenvalue weighted by Gasteiger charge is -2.25. The molecule has 27 heavy (non-hydrogen) atoms. The second kappa shape index (κ2) is 15.3. The molecule has 1 fully saturated rings. The molecule has 0 spiro atoms. The fourth-order valence-electron chi connectivity index (χ4n) is 3.09. The lowest BCUT2D eigenvalue weighted by atomic mass is 10.1. The van der Waals surface area contributed by atoms with Gasteiger partial charge in [0.2, 0.25) is 5.91 Å². The molecule has 1 rings (SSSR count). The molecule has 0 aliphatic carbocycles. The predicted octanol–water partition coefficient (Wildman–Crippen LogP) is 1.73. The van der Waals surface area contributed by atoms with Crippen molar-refractivity contribution in [3.63, 3.8) is 0 Å². The van der Waals surface area contributed by atoms with Crippen molar-refractivity contribution < 1.29 is 9.53 Å². The van der Waals surface area contributed by atoms with Crippen LogP contribution in [-0.4, -0.2) is 99.7 Å². The van der Waals surface area contributed by atoms with Gasteiger partial charge in [0.1, 0.15) is 6.54 Å². The van der Waals surface area contributed by atoms with E-state index >= 15 is 0 Å². The number of likely N-dealkylation sites (N-methyl/N-ethyl adjacent to an activating group) is 1. The lowest BCUT2D eigenvalue weighted by Crippen LogP contribution is -2.42. The van der Waals surface area contributed by atoms with Crippen molar-refractivity contribution in [2.75, 3.05) is 73.1 Å². The minimum Gasteiger partial charge on any atom is -0.382 e. The molecule has 1 amide bonds. The molecule has 1 N–H and O–H groups in total. The van der Waals surface area contributed by atoms with Crippen molar-refractivity contribution in [2.45, 2.75) is 33.6 Å². The highest BCUT2D eigenvalue weighted by Gasteiger charge is 2.26. The molecule has 0 radical (unpaired) electrons.